The lowest BCUT2D eigenvalue weighted by molar-refractivity contribution is 0.0589. The van der Waals surface area contributed by atoms with Gasteiger partial charge in [0.25, 0.3) is 5.91 Å². The predicted molar refractivity (Wildman–Crippen MR) is 130 cm³/mol. The van der Waals surface area contributed by atoms with Crippen molar-refractivity contribution >= 4 is 11.9 Å². The fraction of sp³-hybridized carbons (Fsp3) is 0.407. The van der Waals surface area contributed by atoms with Crippen LogP contribution in [0.1, 0.15) is 71.8 Å². The normalized spacial score (nSPS) is 21.0. The third-order valence-electron chi connectivity index (χ3n) is 8.23. The molecule has 2 heterocycles. The number of hydrogen-bond donors (Lipinski definition) is 0. The van der Waals surface area contributed by atoms with E-state index in [1.165, 1.54) is 37.7 Å². The molecule has 192 valence electrons. The molecule has 8 nitrogen and oxygen atoms in total. The van der Waals surface area contributed by atoms with Crippen molar-refractivity contribution in [3.63, 3.8) is 0 Å². The molecule has 0 N–H and O–H groups in total. The van der Waals surface area contributed by atoms with Crippen LogP contribution in [0.15, 0.2) is 36.7 Å². The van der Waals surface area contributed by atoms with Gasteiger partial charge in [0, 0.05) is 18.5 Å². The molecule has 0 saturated heterocycles. The van der Waals surface area contributed by atoms with Crippen molar-refractivity contribution in [2.24, 2.45) is 5.41 Å². The van der Waals surface area contributed by atoms with Gasteiger partial charge in [-0.2, -0.15) is 10.2 Å². The Kier molecular flexibility index (Phi) is 6.00. The second kappa shape index (κ2) is 8.93. The summed E-state index contributed by atoms with van der Waals surface area (Å²) >= 11 is 0. The Balaban J connectivity index is 1.50. The molecule has 0 unspecified atom stereocenters. The van der Waals surface area contributed by atoms with Crippen molar-refractivity contribution in [2.45, 2.75) is 44.9 Å². The molecule has 37 heavy (non-hydrogen) atoms. The SMILES string of the molecule is CCN(C[C@@]12CC[C@@H](c3cc(-c4c(F)cccc4F)nnc31)C2(C)C)C(=O)c1cnc(C(=O)OC)cn1. The third-order valence-corrected chi connectivity index (χ3v) is 8.23. The van der Waals surface area contributed by atoms with Crippen molar-refractivity contribution in [3.05, 3.63) is 70.9 Å². The standard InChI is InChI=1S/C27H27F2N5O3/c1-5-34(24(35)20-12-31-21(13-30-20)25(36)37-4)14-27-10-9-16(26(27,2)3)15-11-19(32-33-23(15)27)22-17(28)7-6-8-18(22)29/h6-8,11-13,16H,5,9-10,14H2,1-4H3/t16-,27-/m0/s1. The Morgan fingerprint density at radius 2 is 1.78 bits per heavy atom. The van der Waals surface area contributed by atoms with Gasteiger partial charge >= 0.3 is 5.97 Å². The second-order valence-electron chi connectivity index (χ2n) is 10.1. The van der Waals surface area contributed by atoms with Crippen molar-refractivity contribution in [3.8, 4) is 11.3 Å². The number of ether oxygens (including phenoxy) is 1. The molecule has 3 aromatic rings. The summed E-state index contributed by atoms with van der Waals surface area (Å²) in [5.74, 6) is -2.21. The van der Waals surface area contributed by atoms with Gasteiger partial charge in [-0.25, -0.2) is 23.5 Å². The van der Waals surface area contributed by atoms with Crippen molar-refractivity contribution in [1.82, 2.24) is 25.1 Å². The first-order chi connectivity index (χ1) is 17.6. The van der Waals surface area contributed by atoms with Crippen molar-refractivity contribution < 1.29 is 23.1 Å². The van der Waals surface area contributed by atoms with Gasteiger partial charge in [0.05, 0.1) is 36.5 Å². The highest BCUT2D eigenvalue weighted by molar-refractivity contribution is 5.93. The number of likely N-dealkylation sites (N-methyl/N-ethyl adjacent to an activating group) is 1. The van der Waals surface area contributed by atoms with Gasteiger partial charge in [-0.3, -0.25) is 4.79 Å². The fourth-order valence-corrected chi connectivity index (χ4v) is 6.10. The van der Waals surface area contributed by atoms with Gasteiger partial charge in [-0.15, -0.1) is 0 Å². The van der Waals surface area contributed by atoms with Crippen molar-refractivity contribution in [1.29, 1.82) is 0 Å². The van der Waals surface area contributed by atoms with Crippen LogP contribution in [-0.2, 0) is 10.2 Å². The molecule has 2 aliphatic rings. The monoisotopic (exact) mass is 507 g/mol. The highest BCUT2D eigenvalue weighted by atomic mass is 19.1. The summed E-state index contributed by atoms with van der Waals surface area (Å²) in [5, 5.41) is 8.77. The Hall–Kier alpha value is -3.82. The van der Waals surface area contributed by atoms with Crippen LogP contribution in [-0.4, -0.2) is 57.1 Å². The first kappa shape index (κ1) is 24.9. The van der Waals surface area contributed by atoms with Crippen LogP contribution in [0.3, 0.4) is 0 Å². The molecule has 1 fully saturated rings. The molecule has 2 atom stereocenters. The lowest BCUT2D eigenvalue weighted by atomic mass is 9.68. The first-order valence-electron chi connectivity index (χ1n) is 12.2. The number of rotatable bonds is 6. The minimum absolute atomic E-state index is 0.0162. The number of benzene rings is 1. The molecule has 1 saturated carbocycles. The smallest absolute Gasteiger partial charge is 0.358 e. The summed E-state index contributed by atoms with van der Waals surface area (Å²) in [5.41, 5.74) is 1.05. The number of halogens is 2. The van der Waals surface area contributed by atoms with E-state index in [9.17, 15) is 18.4 Å². The number of amides is 1. The molecule has 0 radical (unpaired) electrons. The van der Waals surface area contributed by atoms with Crippen LogP contribution in [0.2, 0.25) is 0 Å². The van der Waals surface area contributed by atoms with Gasteiger partial charge in [0.15, 0.2) is 5.69 Å². The maximum Gasteiger partial charge on any atom is 0.358 e. The number of methoxy groups -OCH3 is 1. The molecule has 5 rings (SSSR count). The molecule has 1 aromatic carbocycles. The molecular formula is C27H27F2N5O3. The molecule has 2 aliphatic carbocycles. The minimum atomic E-state index is -0.687. The zero-order valence-corrected chi connectivity index (χ0v) is 21.1. The maximum atomic E-state index is 14.5. The lowest BCUT2D eigenvalue weighted by Gasteiger charge is -2.41. The van der Waals surface area contributed by atoms with E-state index in [0.717, 1.165) is 24.1 Å². The van der Waals surface area contributed by atoms with E-state index >= 15 is 0 Å². The molecule has 0 spiro atoms. The molecule has 1 amide bonds. The summed E-state index contributed by atoms with van der Waals surface area (Å²) in [4.78, 5) is 34.9. The largest absolute Gasteiger partial charge is 0.464 e. The zero-order valence-electron chi connectivity index (χ0n) is 21.1. The highest BCUT2D eigenvalue weighted by Gasteiger charge is 2.64. The van der Waals surface area contributed by atoms with Crippen LogP contribution in [0.4, 0.5) is 8.78 Å². The van der Waals surface area contributed by atoms with E-state index < -0.39 is 23.0 Å². The number of carbonyl (C=O) groups excluding carboxylic acids is 2. The second-order valence-corrected chi connectivity index (χ2v) is 10.1. The van der Waals surface area contributed by atoms with Crippen LogP contribution >= 0.6 is 0 Å². The Morgan fingerprint density at radius 3 is 2.41 bits per heavy atom. The van der Waals surface area contributed by atoms with Crippen LogP contribution < -0.4 is 0 Å². The van der Waals surface area contributed by atoms with Gasteiger partial charge in [0.2, 0.25) is 0 Å². The predicted octanol–water partition coefficient (Wildman–Crippen LogP) is 4.32. The number of esters is 1. The van der Waals surface area contributed by atoms with Gasteiger partial charge in [-0.1, -0.05) is 19.9 Å². The summed E-state index contributed by atoms with van der Waals surface area (Å²) < 4.78 is 33.6. The zero-order chi connectivity index (χ0) is 26.5. The Labute approximate surface area is 213 Å². The quantitative estimate of drug-likeness (QED) is 0.459. The van der Waals surface area contributed by atoms with Crippen LogP contribution in [0.5, 0.6) is 0 Å². The number of hydrogen-bond acceptors (Lipinski definition) is 7. The minimum Gasteiger partial charge on any atom is -0.464 e. The number of aromatic nitrogens is 4. The molecular weight excluding hydrogens is 480 g/mol. The van der Waals surface area contributed by atoms with Crippen molar-refractivity contribution in [2.75, 3.05) is 20.2 Å². The van der Waals surface area contributed by atoms with Gasteiger partial charge in [0.1, 0.15) is 17.3 Å². The van der Waals surface area contributed by atoms with E-state index in [2.05, 4.69) is 38.7 Å². The Bertz CT molecular complexity index is 1380. The molecule has 2 aromatic heterocycles. The lowest BCUT2D eigenvalue weighted by Crippen LogP contribution is -2.48. The molecule has 10 heteroatoms. The summed E-state index contributed by atoms with van der Waals surface area (Å²) in [6, 6.07) is 5.48. The van der Waals surface area contributed by atoms with Crippen LogP contribution in [0, 0.1) is 17.0 Å². The average molecular weight is 508 g/mol. The fourth-order valence-electron chi connectivity index (χ4n) is 6.10. The molecule has 0 aliphatic heterocycles. The Morgan fingerprint density at radius 1 is 1.11 bits per heavy atom. The summed E-state index contributed by atoms with van der Waals surface area (Å²) in [6.07, 6.45) is 4.16. The summed E-state index contributed by atoms with van der Waals surface area (Å²) in [7, 11) is 1.25. The topological polar surface area (TPSA) is 98.2 Å². The summed E-state index contributed by atoms with van der Waals surface area (Å²) in [6.45, 7) is 6.98. The van der Waals surface area contributed by atoms with Gasteiger partial charge in [-0.05, 0) is 54.9 Å². The van der Waals surface area contributed by atoms with E-state index in [0.29, 0.717) is 13.1 Å². The van der Waals surface area contributed by atoms with E-state index in [1.54, 1.807) is 11.0 Å². The number of fused-ring (bicyclic) bond motifs is 5. The number of carbonyl (C=O) groups is 2. The maximum absolute atomic E-state index is 14.5. The van der Waals surface area contributed by atoms with E-state index in [1.807, 2.05) is 6.92 Å². The number of nitrogens with zero attached hydrogens (tertiary/aromatic N) is 5. The third kappa shape index (κ3) is 3.69. The molecule has 2 bridgehead atoms. The van der Waals surface area contributed by atoms with Crippen LogP contribution in [0.25, 0.3) is 11.3 Å². The van der Waals surface area contributed by atoms with Gasteiger partial charge < -0.3 is 9.64 Å². The average Bonchev–Trinajstić information content (AvgIpc) is 3.25. The first-order valence-corrected chi connectivity index (χ1v) is 12.2. The van der Waals surface area contributed by atoms with E-state index in [-0.39, 0.29) is 39.9 Å². The highest BCUT2D eigenvalue weighted by Crippen LogP contribution is 2.67. The van der Waals surface area contributed by atoms with E-state index in [4.69, 9.17) is 0 Å².